The summed E-state index contributed by atoms with van der Waals surface area (Å²) < 4.78 is 0. The zero-order valence-corrected chi connectivity index (χ0v) is 10.7. The lowest BCUT2D eigenvalue weighted by Gasteiger charge is -2.08. The molecule has 0 aliphatic heterocycles. The molecule has 0 aliphatic carbocycles. The second-order valence-electron chi connectivity index (χ2n) is 4.51. The summed E-state index contributed by atoms with van der Waals surface area (Å²) in [4.78, 5) is 11.4. The Morgan fingerprint density at radius 3 is 2.31 bits per heavy atom. The molecule has 0 amide bonds. The van der Waals surface area contributed by atoms with Gasteiger partial charge >= 0.3 is 0 Å². The van der Waals surface area contributed by atoms with Gasteiger partial charge in [-0.05, 0) is 49.8 Å². The minimum absolute atomic E-state index is 0.411. The van der Waals surface area contributed by atoms with Gasteiger partial charge in [0.15, 0.2) is 0 Å². The molecule has 0 radical (unpaired) electrons. The minimum atomic E-state index is 0.411. The van der Waals surface area contributed by atoms with Crippen LogP contribution in [0.3, 0.4) is 0 Å². The molecule has 0 N–H and O–H groups in total. The summed E-state index contributed by atoms with van der Waals surface area (Å²) in [6, 6.07) is 6.39. The van der Waals surface area contributed by atoms with E-state index in [1.54, 1.807) is 0 Å². The molecular formula is C15H22O. The SMILES string of the molecule is CCCC(=O)CCCc1c(C)cccc1C. The van der Waals surface area contributed by atoms with Gasteiger partial charge in [-0.15, -0.1) is 0 Å². The van der Waals surface area contributed by atoms with Crippen LogP contribution < -0.4 is 0 Å². The third-order valence-corrected chi connectivity index (χ3v) is 3.06. The van der Waals surface area contributed by atoms with E-state index in [0.717, 1.165) is 32.1 Å². The Hall–Kier alpha value is -1.11. The van der Waals surface area contributed by atoms with Gasteiger partial charge in [-0.2, -0.15) is 0 Å². The molecule has 0 saturated heterocycles. The molecule has 0 aromatic heterocycles. The first-order valence-corrected chi connectivity index (χ1v) is 6.22. The molecule has 0 bridgehead atoms. The number of benzene rings is 1. The summed E-state index contributed by atoms with van der Waals surface area (Å²) >= 11 is 0. The van der Waals surface area contributed by atoms with Crippen molar-refractivity contribution < 1.29 is 4.79 Å². The van der Waals surface area contributed by atoms with E-state index in [2.05, 4.69) is 39.0 Å². The fourth-order valence-corrected chi connectivity index (χ4v) is 2.11. The Kier molecular flexibility index (Phi) is 5.24. The largest absolute Gasteiger partial charge is 0.300 e. The molecule has 1 heteroatoms. The van der Waals surface area contributed by atoms with E-state index in [4.69, 9.17) is 0 Å². The van der Waals surface area contributed by atoms with Gasteiger partial charge in [0.1, 0.15) is 5.78 Å². The fourth-order valence-electron chi connectivity index (χ4n) is 2.11. The monoisotopic (exact) mass is 218 g/mol. The maximum Gasteiger partial charge on any atom is 0.132 e. The summed E-state index contributed by atoms with van der Waals surface area (Å²) in [6.07, 6.45) is 4.48. The molecule has 0 spiro atoms. The Bertz CT molecular complexity index is 332. The molecule has 1 aromatic rings. The number of Topliss-reactive ketones (excluding diaryl/α,β-unsaturated/α-hetero) is 1. The second kappa shape index (κ2) is 6.47. The summed E-state index contributed by atoms with van der Waals surface area (Å²) in [6.45, 7) is 6.36. The Labute approximate surface area is 98.9 Å². The first-order valence-electron chi connectivity index (χ1n) is 6.22. The highest BCUT2D eigenvalue weighted by Gasteiger charge is 2.04. The van der Waals surface area contributed by atoms with Crippen molar-refractivity contribution in [3.8, 4) is 0 Å². The number of aryl methyl sites for hydroxylation is 2. The molecule has 0 fully saturated rings. The van der Waals surface area contributed by atoms with Crippen molar-refractivity contribution in [2.24, 2.45) is 0 Å². The summed E-state index contributed by atoms with van der Waals surface area (Å²) in [7, 11) is 0. The van der Waals surface area contributed by atoms with Gasteiger partial charge in [-0.25, -0.2) is 0 Å². The van der Waals surface area contributed by atoms with E-state index in [-0.39, 0.29) is 0 Å². The molecule has 0 saturated carbocycles. The number of rotatable bonds is 6. The predicted octanol–water partition coefficient (Wildman–Crippen LogP) is 4.00. The molecule has 0 atom stereocenters. The van der Waals surface area contributed by atoms with Gasteiger partial charge in [0, 0.05) is 12.8 Å². The van der Waals surface area contributed by atoms with Crippen molar-refractivity contribution in [2.75, 3.05) is 0 Å². The van der Waals surface area contributed by atoms with Gasteiger partial charge < -0.3 is 0 Å². The molecule has 1 aromatic carbocycles. The van der Waals surface area contributed by atoms with Crippen LogP contribution >= 0.6 is 0 Å². The number of ketones is 1. The van der Waals surface area contributed by atoms with Gasteiger partial charge in [0.05, 0.1) is 0 Å². The zero-order valence-electron chi connectivity index (χ0n) is 10.7. The first-order chi connectivity index (χ1) is 7.65. The second-order valence-corrected chi connectivity index (χ2v) is 4.51. The van der Waals surface area contributed by atoms with Crippen LogP contribution in [0, 0.1) is 13.8 Å². The van der Waals surface area contributed by atoms with Crippen molar-refractivity contribution in [1.82, 2.24) is 0 Å². The molecule has 88 valence electrons. The lowest BCUT2D eigenvalue weighted by atomic mass is 9.97. The van der Waals surface area contributed by atoms with Crippen molar-refractivity contribution in [3.63, 3.8) is 0 Å². The van der Waals surface area contributed by atoms with Gasteiger partial charge in [0.25, 0.3) is 0 Å². The Morgan fingerprint density at radius 1 is 1.12 bits per heavy atom. The van der Waals surface area contributed by atoms with Crippen LogP contribution in [-0.2, 0) is 11.2 Å². The summed E-state index contributed by atoms with van der Waals surface area (Å²) in [5.74, 6) is 0.411. The van der Waals surface area contributed by atoms with E-state index >= 15 is 0 Å². The van der Waals surface area contributed by atoms with Crippen molar-refractivity contribution in [1.29, 1.82) is 0 Å². The topological polar surface area (TPSA) is 17.1 Å². The van der Waals surface area contributed by atoms with Gasteiger partial charge in [-0.3, -0.25) is 4.79 Å². The number of carbonyl (C=O) groups excluding carboxylic acids is 1. The molecule has 0 heterocycles. The van der Waals surface area contributed by atoms with E-state index < -0.39 is 0 Å². The molecule has 0 aliphatic rings. The highest BCUT2D eigenvalue weighted by molar-refractivity contribution is 5.78. The molecule has 16 heavy (non-hydrogen) atoms. The highest BCUT2D eigenvalue weighted by atomic mass is 16.1. The third kappa shape index (κ3) is 3.80. The van der Waals surface area contributed by atoms with Crippen molar-refractivity contribution in [3.05, 3.63) is 34.9 Å². The summed E-state index contributed by atoms with van der Waals surface area (Å²) in [5, 5.41) is 0. The maximum atomic E-state index is 11.4. The van der Waals surface area contributed by atoms with Crippen LogP contribution in [-0.4, -0.2) is 5.78 Å². The number of hydrogen-bond acceptors (Lipinski definition) is 1. The van der Waals surface area contributed by atoms with Gasteiger partial charge in [0.2, 0.25) is 0 Å². The first kappa shape index (κ1) is 13.0. The van der Waals surface area contributed by atoms with E-state index in [1.165, 1.54) is 16.7 Å². The normalized spacial score (nSPS) is 10.4. The van der Waals surface area contributed by atoms with Crippen LogP contribution in [0.15, 0.2) is 18.2 Å². The van der Waals surface area contributed by atoms with E-state index in [9.17, 15) is 4.79 Å². The number of carbonyl (C=O) groups is 1. The Morgan fingerprint density at radius 2 is 1.75 bits per heavy atom. The predicted molar refractivity (Wildman–Crippen MR) is 68.8 cm³/mol. The van der Waals surface area contributed by atoms with Crippen LogP contribution in [0.1, 0.15) is 49.3 Å². The standard InChI is InChI=1S/C15H22O/c1-4-7-14(16)10-6-11-15-12(2)8-5-9-13(15)3/h5,8-9H,4,6-7,10-11H2,1-3H3. The van der Waals surface area contributed by atoms with Crippen LogP contribution in [0.5, 0.6) is 0 Å². The maximum absolute atomic E-state index is 11.4. The Balaban J connectivity index is 2.46. The smallest absolute Gasteiger partial charge is 0.132 e. The zero-order chi connectivity index (χ0) is 12.0. The minimum Gasteiger partial charge on any atom is -0.300 e. The lowest BCUT2D eigenvalue weighted by molar-refractivity contribution is -0.119. The van der Waals surface area contributed by atoms with Crippen LogP contribution in [0.4, 0.5) is 0 Å². The summed E-state index contributed by atoms with van der Waals surface area (Å²) in [5.41, 5.74) is 4.12. The van der Waals surface area contributed by atoms with Crippen molar-refractivity contribution >= 4 is 5.78 Å². The molecule has 1 rings (SSSR count). The average molecular weight is 218 g/mol. The van der Waals surface area contributed by atoms with Gasteiger partial charge in [-0.1, -0.05) is 25.1 Å². The van der Waals surface area contributed by atoms with E-state index in [0.29, 0.717) is 5.78 Å². The third-order valence-electron chi connectivity index (χ3n) is 3.06. The molecule has 1 nitrogen and oxygen atoms in total. The molecule has 0 unspecified atom stereocenters. The van der Waals surface area contributed by atoms with E-state index in [1.807, 2.05) is 0 Å². The molecular weight excluding hydrogens is 196 g/mol. The van der Waals surface area contributed by atoms with Crippen LogP contribution in [0.2, 0.25) is 0 Å². The van der Waals surface area contributed by atoms with Crippen LogP contribution in [0.25, 0.3) is 0 Å². The number of hydrogen-bond donors (Lipinski definition) is 0. The lowest BCUT2D eigenvalue weighted by Crippen LogP contribution is -2.00. The average Bonchev–Trinajstić information content (AvgIpc) is 2.23. The quantitative estimate of drug-likeness (QED) is 0.705. The van der Waals surface area contributed by atoms with Crippen molar-refractivity contribution in [2.45, 2.75) is 52.9 Å². The highest BCUT2D eigenvalue weighted by Crippen LogP contribution is 2.16. The fraction of sp³-hybridized carbons (Fsp3) is 0.533.